The molecule has 14 heavy (non-hydrogen) atoms. The summed E-state index contributed by atoms with van der Waals surface area (Å²) in [7, 11) is 0. The number of aryl methyl sites for hydroxylation is 1. The zero-order valence-electron chi connectivity index (χ0n) is 7.26. The summed E-state index contributed by atoms with van der Waals surface area (Å²) >= 11 is 0. The van der Waals surface area contributed by atoms with Crippen LogP contribution in [0.4, 0.5) is 8.78 Å². The Balaban J connectivity index is 2.50. The summed E-state index contributed by atoms with van der Waals surface area (Å²) < 4.78 is 25.6. The first-order valence-electron chi connectivity index (χ1n) is 4.30. The molecule has 4 heteroatoms. The molecule has 0 saturated carbocycles. The highest BCUT2D eigenvalue weighted by Gasteiger charge is 2.29. The monoisotopic (exact) mass is 198 g/mol. The van der Waals surface area contributed by atoms with E-state index in [2.05, 4.69) is 0 Å². The van der Waals surface area contributed by atoms with Crippen LogP contribution in [0.3, 0.4) is 0 Å². The molecule has 0 aliphatic heterocycles. The molecule has 0 spiro atoms. The van der Waals surface area contributed by atoms with Gasteiger partial charge in [0.2, 0.25) is 0 Å². The molecule has 0 aromatic heterocycles. The molecule has 1 N–H and O–H groups in total. The molecule has 1 aliphatic carbocycles. The van der Waals surface area contributed by atoms with Gasteiger partial charge in [0.25, 0.3) is 0 Å². The number of hydrogen-bond donors (Lipinski definition) is 1. The molecule has 0 bridgehead atoms. The smallest absolute Gasteiger partial charge is 0.310 e. The van der Waals surface area contributed by atoms with E-state index < -0.39 is 23.5 Å². The topological polar surface area (TPSA) is 37.3 Å². The van der Waals surface area contributed by atoms with E-state index in [0.29, 0.717) is 24.0 Å². The Hall–Kier alpha value is -1.45. The predicted octanol–water partition coefficient (Wildman–Crippen LogP) is 2.08. The molecule has 1 atom stereocenters. The first-order valence-corrected chi connectivity index (χ1v) is 4.30. The number of carboxylic acid groups (broad SMARTS) is 1. The van der Waals surface area contributed by atoms with E-state index in [1.807, 2.05) is 0 Å². The Morgan fingerprint density at radius 1 is 1.36 bits per heavy atom. The van der Waals surface area contributed by atoms with Gasteiger partial charge in [-0.3, -0.25) is 4.79 Å². The van der Waals surface area contributed by atoms with Gasteiger partial charge >= 0.3 is 5.97 Å². The molecular formula is C10H8F2O2. The molecule has 0 amide bonds. The fourth-order valence-corrected chi connectivity index (χ4v) is 1.86. The number of benzene rings is 1. The molecule has 2 rings (SSSR count). The zero-order valence-corrected chi connectivity index (χ0v) is 7.26. The van der Waals surface area contributed by atoms with Crippen molar-refractivity contribution >= 4 is 5.97 Å². The van der Waals surface area contributed by atoms with Crippen molar-refractivity contribution in [2.45, 2.75) is 18.8 Å². The second-order valence-electron chi connectivity index (χ2n) is 3.39. The van der Waals surface area contributed by atoms with E-state index >= 15 is 0 Å². The van der Waals surface area contributed by atoms with E-state index in [4.69, 9.17) is 5.11 Å². The standard InChI is InChI=1S/C10H8F2O2/c11-8-3-5-1-2-6(10(13)14)7(5)4-9(8)12/h3-4,6H,1-2H2,(H,13,14)/t6-/m0/s1. The molecule has 2 nitrogen and oxygen atoms in total. The number of halogens is 2. The predicted molar refractivity (Wildman–Crippen MR) is 45.1 cm³/mol. The van der Waals surface area contributed by atoms with E-state index in [1.54, 1.807) is 0 Å². The van der Waals surface area contributed by atoms with Gasteiger partial charge in [0.05, 0.1) is 5.92 Å². The van der Waals surface area contributed by atoms with Crippen LogP contribution in [0.1, 0.15) is 23.5 Å². The Bertz CT molecular complexity index is 401. The van der Waals surface area contributed by atoms with Crippen LogP contribution in [-0.4, -0.2) is 11.1 Å². The fourth-order valence-electron chi connectivity index (χ4n) is 1.86. The fraction of sp³-hybridized carbons (Fsp3) is 0.300. The second-order valence-corrected chi connectivity index (χ2v) is 3.39. The van der Waals surface area contributed by atoms with Crippen LogP contribution in [0.15, 0.2) is 12.1 Å². The van der Waals surface area contributed by atoms with Crippen molar-refractivity contribution in [3.05, 3.63) is 34.9 Å². The van der Waals surface area contributed by atoms with Crippen LogP contribution in [0.5, 0.6) is 0 Å². The van der Waals surface area contributed by atoms with Crippen LogP contribution in [0.25, 0.3) is 0 Å². The number of carbonyl (C=O) groups is 1. The Morgan fingerprint density at radius 2 is 2.00 bits per heavy atom. The third-order valence-electron chi connectivity index (χ3n) is 2.56. The molecule has 0 unspecified atom stereocenters. The van der Waals surface area contributed by atoms with Gasteiger partial charge < -0.3 is 5.11 Å². The highest BCUT2D eigenvalue weighted by Crippen LogP contribution is 2.34. The Morgan fingerprint density at radius 3 is 2.64 bits per heavy atom. The lowest BCUT2D eigenvalue weighted by Crippen LogP contribution is -2.08. The average Bonchev–Trinajstić information content (AvgIpc) is 2.48. The number of hydrogen-bond acceptors (Lipinski definition) is 1. The highest BCUT2D eigenvalue weighted by atomic mass is 19.2. The molecule has 1 aromatic carbocycles. The lowest BCUT2D eigenvalue weighted by Gasteiger charge is -2.05. The maximum absolute atomic E-state index is 12.8. The molecule has 1 aromatic rings. The summed E-state index contributed by atoms with van der Waals surface area (Å²) in [6, 6.07) is 2.09. The zero-order chi connectivity index (χ0) is 10.3. The van der Waals surface area contributed by atoms with Gasteiger partial charge in [0.15, 0.2) is 11.6 Å². The summed E-state index contributed by atoms with van der Waals surface area (Å²) in [5.74, 6) is -3.54. The minimum atomic E-state index is -0.977. The maximum atomic E-state index is 12.8. The number of aliphatic carboxylic acids is 1. The molecule has 0 saturated heterocycles. The quantitative estimate of drug-likeness (QED) is 0.750. The van der Waals surface area contributed by atoms with Crippen molar-refractivity contribution in [2.75, 3.05) is 0 Å². The molecule has 1 aliphatic rings. The lowest BCUT2D eigenvalue weighted by atomic mass is 10.0. The van der Waals surface area contributed by atoms with Crippen molar-refractivity contribution < 1.29 is 18.7 Å². The van der Waals surface area contributed by atoms with E-state index in [1.165, 1.54) is 0 Å². The first-order chi connectivity index (χ1) is 6.59. The molecular weight excluding hydrogens is 190 g/mol. The van der Waals surface area contributed by atoms with Crippen LogP contribution in [-0.2, 0) is 11.2 Å². The minimum Gasteiger partial charge on any atom is -0.481 e. The van der Waals surface area contributed by atoms with Gasteiger partial charge in [0.1, 0.15) is 0 Å². The van der Waals surface area contributed by atoms with Crippen molar-refractivity contribution in [1.29, 1.82) is 0 Å². The number of carboxylic acids is 1. The van der Waals surface area contributed by atoms with E-state index in [9.17, 15) is 13.6 Å². The summed E-state index contributed by atoms with van der Waals surface area (Å²) in [5, 5.41) is 8.80. The van der Waals surface area contributed by atoms with Crippen molar-refractivity contribution in [2.24, 2.45) is 0 Å². The van der Waals surface area contributed by atoms with E-state index in [0.717, 1.165) is 12.1 Å². The highest BCUT2D eigenvalue weighted by molar-refractivity contribution is 5.77. The Labute approximate surface area is 79.2 Å². The normalized spacial score (nSPS) is 19.4. The molecule has 74 valence electrons. The van der Waals surface area contributed by atoms with Gasteiger partial charge in [-0.15, -0.1) is 0 Å². The minimum absolute atomic E-state index is 0.413. The van der Waals surface area contributed by atoms with Crippen molar-refractivity contribution in [3.63, 3.8) is 0 Å². The average molecular weight is 198 g/mol. The summed E-state index contributed by atoms with van der Waals surface area (Å²) in [4.78, 5) is 10.7. The summed E-state index contributed by atoms with van der Waals surface area (Å²) in [6.45, 7) is 0. The van der Waals surface area contributed by atoms with Gasteiger partial charge in [-0.25, -0.2) is 8.78 Å². The number of fused-ring (bicyclic) bond motifs is 1. The van der Waals surface area contributed by atoms with Gasteiger partial charge in [-0.2, -0.15) is 0 Å². The summed E-state index contributed by atoms with van der Waals surface area (Å²) in [6.07, 6.45) is 0.928. The SMILES string of the molecule is O=C(O)[C@H]1CCc2cc(F)c(F)cc21. The second kappa shape index (κ2) is 3.04. The van der Waals surface area contributed by atoms with Crippen LogP contribution in [0.2, 0.25) is 0 Å². The number of rotatable bonds is 1. The summed E-state index contributed by atoms with van der Waals surface area (Å²) in [5.41, 5.74) is 1.02. The van der Waals surface area contributed by atoms with Gasteiger partial charge in [-0.05, 0) is 36.1 Å². The molecule has 0 fully saturated rings. The third-order valence-corrected chi connectivity index (χ3v) is 2.56. The van der Waals surface area contributed by atoms with Crippen molar-refractivity contribution in [3.8, 4) is 0 Å². The largest absolute Gasteiger partial charge is 0.481 e. The van der Waals surface area contributed by atoms with Crippen molar-refractivity contribution in [1.82, 2.24) is 0 Å². The molecule has 0 radical (unpaired) electrons. The lowest BCUT2D eigenvalue weighted by molar-refractivity contribution is -0.138. The van der Waals surface area contributed by atoms with Crippen LogP contribution < -0.4 is 0 Å². The van der Waals surface area contributed by atoms with Gasteiger partial charge in [0, 0.05) is 0 Å². The van der Waals surface area contributed by atoms with Gasteiger partial charge in [-0.1, -0.05) is 0 Å². The van der Waals surface area contributed by atoms with Crippen LogP contribution in [0, 0.1) is 11.6 Å². The third kappa shape index (κ3) is 1.27. The maximum Gasteiger partial charge on any atom is 0.310 e. The first kappa shape index (κ1) is 9.12. The van der Waals surface area contributed by atoms with E-state index in [-0.39, 0.29) is 0 Å². The van der Waals surface area contributed by atoms with Crippen LogP contribution >= 0.6 is 0 Å². The Kier molecular flexibility index (Phi) is 1.98. The molecule has 0 heterocycles.